The third-order valence-electron chi connectivity index (χ3n) is 2.88. The minimum Gasteiger partial charge on any atom is -0.294 e. The Labute approximate surface area is 127 Å². The van der Waals surface area contributed by atoms with Gasteiger partial charge in [-0.1, -0.05) is 43.0 Å². The van der Waals surface area contributed by atoms with Gasteiger partial charge >= 0.3 is 6.03 Å². The smallest absolute Gasteiger partial charge is 0.294 e. The molecule has 0 bridgehead atoms. The van der Waals surface area contributed by atoms with Crippen LogP contribution in [0.4, 0.5) is 4.79 Å². The Morgan fingerprint density at radius 2 is 1.29 bits per heavy atom. The Morgan fingerprint density at radius 3 is 1.71 bits per heavy atom. The molecule has 0 unspecified atom stereocenters. The highest BCUT2D eigenvalue weighted by atomic mass is 16.2. The molecule has 2 amide bonds. The molecule has 1 rings (SSSR count). The first-order valence-electron chi connectivity index (χ1n) is 6.72. The molecule has 1 heterocycles. The molecule has 1 saturated heterocycles. The Bertz CT molecular complexity index is 438. The van der Waals surface area contributed by atoms with Crippen LogP contribution in [0.25, 0.3) is 0 Å². The van der Waals surface area contributed by atoms with Crippen molar-refractivity contribution in [2.75, 3.05) is 19.6 Å². The summed E-state index contributed by atoms with van der Waals surface area (Å²) in [6.07, 6.45) is 0. The van der Waals surface area contributed by atoms with E-state index in [0.717, 1.165) is 16.7 Å². The Kier molecular flexibility index (Phi) is 5.13. The van der Waals surface area contributed by atoms with E-state index in [9.17, 15) is 4.79 Å². The number of hydrogen-bond donors (Lipinski definition) is 1. The van der Waals surface area contributed by atoms with Gasteiger partial charge < -0.3 is 0 Å². The molecular formula is C16H24N4O. The van der Waals surface area contributed by atoms with Crippen molar-refractivity contribution in [1.29, 1.82) is 5.41 Å². The van der Waals surface area contributed by atoms with Crippen molar-refractivity contribution in [2.24, 2.45) is 0 Å². The van der Waals surface area contributed by atoms with Gasteiger partial charge in [-0.25, -0.2) is 4.79 Å². The van der Waals surface area contributed by atoms with Crippen LogP contribution in [0.2, 0.25) is 0 Å². The second kappa shape index (κ2) is 6.43. The van der Waals surface area contributed by atoms with E-state index in [1.165, 1.54) is 9.80 Å². The SMILES string of the molecule is C=C(C)CN1C(=C)N(CC(=C)C)C(=O)N(CC(=C)C)C1=N. The first-order chi connectivity index (χ1) is 9.65. The van der Waals surface area contributed by atoms with Crippen LogP contribution in [0.5, 0.6) is 0 Å². The van der Waals surface area contributed by atoms with Gasteiger partial charge in [-0.2, -0.15) is 0 Å². The number of rotatable bonds is 6. The average molecular weight is 288 g/mol. The zero-order valence-corrected chi connectivity index (χ0v) is 13.2. The summed E-state index contributed by atoms with van der Waals surface area (Å²) in [6.45, 7) is 22.2. The molecule has 0 aromatic carbocycles. The third-order valence-corrected chi connectivity index (χ3v) is 2.88. The van der Waals surface area contributed by atoms with Crippen molar-refractivity contribution in [3.8, 4) is 0 Å². The lowest BCUT2D eigenvalue weighted by atomic mass is 10.2. The van der Waals surface area contributed by atoms with E-state index in [-0.39, 0.29) is 12.0 Å². The summed E-state index contributed by atoms with van der Waals surface area (Å²) < 4.78 is 0. The quantitative estimate of drug-likeness (QED) is 0.763. The highest BCUT2D eigenvalue weighted by Crippen LogP contribution is 2.23. The monoisotopic (exact) mass is 288 g/mol. The normalized spacial score (nSPS) is 15.6. The van der Waals surface area contributed by atoms with Gasteiger partial charge in [-0.15, -0.1) is 0 Å². The van der Waals surface area contributed by atoms with Crippen molar-refractivity contribution in [2.45, 2.75) is 20.8 Å². The number of nitrogens with one attached hydrogen (secondary N) is 1. The molecule has 1 fully saturated rings. The minimum absolute atomic E-state index is 0.106. The van der Waals surface area contributed by atoms with Gasteiger partial charge in [0.2, 0.25) is 5.96 Å². The molecule has 114 valence electrons. The van der Waals surface area contributed by atoms with E-state index >= 15 is 0 Å². The van der Waals surface area contributed by atoms with Gasteiger partial charge in [-0.3, -0.25) is 20.1 Å². The molecule has 0 saturated carbocycles. The summed E-state index contributed by atoms with van der Waals surface area (Å²) in [5.41, 5.74) is 2.55. The molecule has 5 heteroatoms. The summed E-state index contributed by atoms with van der Waals surface area (Å²) in [7, 11) is 0. The second-order valence-electron chi connectivity index (χ2n) is 5.65. The number of nitrogens with zero attached hydrogens (tertiary/aromatic N) is 3. The molecule has 1 aliphatic heterocycles. The molecule has 0 aliphatic carbocycles. The highest BCUT2D eigenvalue weighted by Gasteiger charge is 2.37. The molecule has 0 radical (unpaired) electrons. The van der Waals surface area contributed by atoms with E-state index in [0.29, 0.717) is 25.5 Å². The lowest BCUT2D eigenvalue weighted by Gasteiger charge is -2.44. The van der Waals surface area contributed by atoms with Gasteiger partial charge in [-0.05, 0) is 20.8 Å². The van der Waals surface area contributed by atoms with Crippen LogP contribution in [0.15, 0.2) is 48.9 Å². The van der Waals surface area contributed by atoms with Crippen LogP contribution in [0.1, 0.15) is 20.8 Å². The van der Waals surface area contributed by atoms with Crippen LogP contribution < -0.4 is 0 Å². The Hall–Kier alpha value is -2.30. The second-order valence-corrected chi connectivity index (χ2v) is 5.65. The predicted octanol–water partition coefficient (Wildman–Crippen LogP) is 3.16. The van der Waals surface area contributed by atoms with E-state index < -0.39 is 0 Å². The van der Waals surface area contributed by atoms with Crippen LogP contribution in [0.3, 0.4) is 0 Å². The molecular weight excluding hydrogens is 264 g/mol. The molecule has 1 aliphatic rings. The van der Waals surface area contributed by atoms with Crippen molar-refractivity contribution < 1.29 is 4.79 Å². The zero-order chi connectivity index (χ0) is 16.3. The van der Waals surface area contributed by atoms with Crippen molar-refractivity contribution in [1.82, 2.24) is 14.7 Å². The third kappa shape index (κ3) is 3.84. The molecule has 0 aromatic rings. The fourth-order valence-electron chi connectivity index (χ4n) is 2.04. The molecule has 21 heavy (non-hydrogen) atoms. The number of carbonyl (C=O) groups excluding carboxylic acids is 1. The van der Waals surface area contributed by atoms with Crippen molar-refractivity contribution in [3.05, 3.63) is 48.9 Å². The summed E-state index contributed by atoms with van der Waals surface area (Å²) in [4.78, 5) is 17.2. The molecule has 0 spiro atoms. The van der Waals surface area contributed by atoms with Gasteiger partial charge in [0, 0.05) is 13.1 Å². The standard InChI is InChI=1S/C16H24N4O/c1-11(2)8-18-14(7)19(9-12(3)4)16(21)20(15(18)17)10-13(5)6/h17H,1,3,5,7-10H2,2,4,6H3. The number of urea groups is 1. The average Bonchev–Trinajstić information content (AvgIpc) is 2.35. The van der Waals surface area contributed by atoms with Crippen LogP contribution in [-0.2, 0) is 0 Å². The summed E-state index contributed by atoms with van der Waals surface area (Å²) in [5.74, 6) is 0.586. The number of hydrogen-bond acceptors (Lipinski definition) is 2. The molecule has 1 N–H and O–H groups in total. The van der Waals surface area contributed by atoms with Crippen molar-refractivity contribution in [3.63, 3.8) is 0 Å². The number of amides is 2. The maximum absolute atomic E-state index is 12.6. The fourth-order valence-corrected chi connectivity index (χ4v) is 2.04. The minimum atomic E-state index is -0.269. The van der Waals surface area contributed by atoms with Crippen LogP contribution in [-0.4, -0.2) is 46.3 Å². The van der Waals surface area contributed by atoms with Gasteiger partial charge in [0.1, 0.15) is 5.82 Å². The summed E-state index contributed by atoms with van der Waals surface area (Å²) >= 11 is 0. The van der Waals surface area contributed by atoms with E-state index in [4.69, 9.17) is 5.41 Å². The maximum atomic E-state index is 12.6. The highest BCUT2D eigenvalue weighted by molar-refractivity contribution is 5.99. The maximum Gasteiger partial charge on any atom is 0.333 e. The van der Waals surface area contributed by atoms with Gasteiger partial charge in [0.05, 0.1) is 6.54 Å². The van der Waals surface area contributed by atoms with E-state index in [2.05, 4.69) is 26.3 Å². The van der Waals surface area contributed by atoms with Crippen LogP contribution >= 0.6 is 0 Å². The molecule has 0 aromatic heterocycles. The topological polar surface area (TPSA) is 50.6 Å². The Morgan fingerprint density at radius 1 is 0.905 bits per heavy atom. The number of carbonyl (C=O) groups is 1. The van der Waals surface area contributed by atoms with E-state index in [1.807, 2.05) is 20.8 Å². The van der Waals surface area contributed by atoms with Crippen molar-refractivity contribution >= 4 is 12.0 Å². The Balaban J connectivity index is 3.16. The lowest BCUT2D eigenvalue weighted by molar-refractivity contribution is 0.162. The lowest BCUT2D eigenvalue weighted by Crippen LogP contribution is -2.60. The first kappa shape index (κ1) is 16.8. The molecule has 0 atom stereocenters. The van der Waals surface area contributed by atoms with E-state index in [1.54, 1.807) is 4.90 Å². The van der Waals surface area contributed by atoms with Gasteiger partial charge in [0.15, 0.2) is 0 Å². The van der Waals surface area contributed by atoms with Gasteiger partial charge in [0.25, 0.3) is 0 Å². The summed E-state index contributed by atoms with van der Waals surface area (Å²) in [5, 5.41) is 8.26. The zero-order valence-electron chi connectivity index (χ0n) is 13.2. The van der Waals surface area contributed by atoms with Crippen LogP contribution in [0, 0.1) is 5.41 Å². The first-order valence-corrected chi connectivity index (χ1v) is 6.72. The number of guanidine groups is 1. The fraction of sp³-hybridized carbons (Fsp3) is 0.375. The summed E-state index contributed by atoms with van der Waals surface area (Å²) in [6, 6.07) is -0.269. The predicted molar refractivity (Wildman–Crippen MR) is 86.8 cm³/mol. The molecule has 5 nitrogen and oxygen atoms in total. The largest absolute Gasteiger partial charge is 0.333 e.